The molecule has 11 heavy (non-hydrogen) atoms. The molecule has 4 N–H and O–H groups in total. The highest BCUT2D eigenvalue weighted by Crippen LogP contribution is 2.35. The minimum Gasteiger partial charge on any atom is -0.480 e. The van der Waals surface area contributed by atoms with E-state index in [1.165, 1.54) is 0 Å². The van der Waals surface area contributed by atoms with Gasteiger partial charge in [-0.25, -0.2) is 0 Å². The first-order valence-electron chi connectivity index (χ1n) is 6.30. The Morgan fingerprint density at radius 2 is 2.64 bits per heavy atom. The van der Waals surface area contributed by atoms with Crippen molar-refractivity contribution in [2.24, 2.45) is 5.73 Å². The average molecular weight is 189 g/mol. The molecule has 66 valence electrons. The van der Waals surface area contributed by atoms with Gasteiger partial charge in [-0.2, -0.15) is 0 Å². The lowest BCUT2D eigenvalue weighted by Crippen LogP contribution is -2.30. The number of carbonyl (C=O) groups is 1. The van der Waals surface area contributed by atoms with Gasteiger partial charge < -0.3 is 15.7 Å². The summed E-state index contributed by atoms with van der Waals surface area (Å²) >= 11 is 0. The zero-order chi connectivity index (χ0) is 16.1. The van der Waals surface area contributed by atoms with Crippen molar-refractivity contribution in [2.45, 2.75) is 12.4 Å². The van der Waals surface area contributed by atoms with Crippen LogP contribution in [-0.2, 0) is 9.36 Å². The Balaban J connectivity index is 6.07. The van der Waals surface area contributed by atoms with Gasteiger partial charge in [0.05, 0.1) is 1.37 Å². The Kier molecular flexibility index (Phi) is 1.11. The van der Waals surface area contributed by atoms with Crippen LogP contribution >= 0.6 is 7.37 Å². The maximum atomic E-state index is 11.6. The Labute approximate surface area is 75.9 Å². The molecule has 5 nitrogen and oxygen atoms in total. The molecule has 0 aliphatic heterocycles. The number of carboxylic acid groups (broad SMARTS) is 1. The molecule has 0 rings (SSSR count). The molecule has 0 spiro atoms. The fraction of sp³-hybridized carbons (Fsp3) is 0.800. The van der Waals surface area contributed by atoms with Gasteiger partial charge in [0.1, 0.15) is 6.02 Å². The molecule has 0 fully saturated rings. The summed E-state index contributed by atoms with van der Waals surface area (Å²) in [7, 11) is -5.84. The highest BCUT2D eigenvalue weighted by Gasteiger charge is 2.16. The molecule has 0 aliphatic carbocycles. The predicted octanol–water partition coefficient (Wildman–Crippen LogP) is -0.311. The van der Waals surface area contributed by atoms with E-state index in [1.807, 2.05) is 0 Å². The van der Waals surface area contributed by atoms with E-state index in [4.69, 9.17) is 21.8 Å². The third kappa shape index (κ3) is 6.04. The monoisotopic (exact) mass is 189 g/mol. The topological polar surface area (TPSA) is 101 Å². The van der Waals surface area contributed by atoms with Crippen molar-refractivity contribution in [3.8, 4) is 0 Å². The van der Waals surface area contributed by atoms with E-state index in [1.54, 1.807) is 0 Å². The summed E-state index contributed by atoms with van der Waals surface area (Å²) in [5.41, 5.74) is 4.80. The lowest BCUT2D eigenvalue weighted by Gasteiger charge is -2.07. The quantitative estimate of drug-likeness (QED) is 0.526. The fourth-order valence-corrected chi connectivity index (χ4v) is 0.461. The molecule has 0 saturated heterocycles. The molecule has 0 amide bonds. The summed E-state index contributed by atoms with van der Waals surface area (Å²) in [6.07, 6.45) is -8.01. The van der Waals surface area contributed by atoms with E-state index in [-0.39, 0.29) is 0 Å². The number of hydrogen-bond acceptors (Lipinski definition) is 3. The molecule has 0 heterocycles. The SMILES string of the molecule is [2H]C(N)(C(=O)O)C([2H])([2H])C([2H])([2H])P(=O)(O)C([2H])([2H])[2H]. The van der Waals surface area contributed by atoms with Crippen molar-refractivity contribution < 1.29 is 30.3 Å². The summed E-state index contributed by atoms with van der Waals surface area (Å²) in [5.74, 6) is -2.31. The molecular formula is C5H12NO4P. The Bertz CT molecular complexity index is 431. The number of carboxylic acids is 1. The number of hydrogen-bond donors (Lipinski definition) is 3. The highest BCUT2D eigenvalue weighted by atomic mass is 31.2. The number of nitrogens with two attached hydrogens (primary N) is 1. The van der Waals surface area contributed by atoms with E-state index >= 15 is 0 Å². The van der Waals surface area contributed by atoms with Crippen LogP contribution < -0.4 is 5.73 Å². The molecule has 0 aliphatic rings. The van der Waals surface area contributed by atoms with Gasteiger partial charge in [-0.1, -0.05) is 0 Å². The second-order valence-corrected chi connectivity index (χ2v) is 2.91. The van der Waals surface area contributed by atoms with Gasteiger partial charge in [0.15, 0.2) is 7.37 Å². The van der Waals surface area contributed by atoms with Gasteiger partial charge >= 0.3 is 5.97 Å². The minimum absolute atomic E-state index is 2.31. The summed E-state index contributed by atoms with van der Waals surface area (Å²) in [6.45, 7) is -3.79. The van der Waals surface area contributed by atoms with Crippen LogP contribution in [0.25, 0.3) is 0 Å². The second-order valence-electron chi connectivity index (χ2n) is 1.53. The van der Waals surface area contributed by atoms with Crippen LogP contribution in [0.2, 0.25) is 0 Å². The van der Waals surface area contributed by atoms with E-state index in [9.17, 15) is 14.3 Å². The molecule has 0 aromatic rings. The van der Waals surface area contributed by atoms with Crippen LogP contribution in [0.1, 0.15) is 17.3 Å². The van der Waals surface area contributed by atoms with Gasteiger partial charge in [0, 0.05) is 22.3 Å². The van der Waals surface area contributed by atoms with Gasteiger partial charge in [-0.3, -0.25) is 9.36 Å². The van der Waals surface area contributed by atoms with Crippen LogP contribution in [-0.4, -0.2) is 34.7 Å². The maximum absolute atomic E-state index is 11.6. The fourth-order valence-electron chi connectivity index (χ4n) is 0.189. The predicted molar refractivity (Wildman–Crippen MR) is 40.8 cm³/mol. The van der Waals surface area contributed by atoms with Gasteiger partial charge in [0.2, 0.25) is 0 Å². The lowest BCUT2D eigenvalue weighted by atomic mass is 10.2. The Hall–Kier alpha value is -0.380. The average Bonchev–Trinajstić information content (AvgIpc) is 2.14. The summed E-state index contributed by atoms with van der Waals surface area (Å²) < 4.78 is 67.7. The first-order chi connectivity index (χ1) is 7.94. The van der Waals surface area contributed by atoms with Crippen molar-refractivity contribution in [1.82, 2.24) is 0 Å². The zero-order valence-corrected chi connectivity index (χ0v) is 6.13. The van der Waals surface area contributed by atoms with E-state index in [0.717, 1.165) is 0 Å². The van der Waals surface area contributed by atoms with Gasteiger partial charge in [-0.15, -0.1) is 0 Å². The van der Waals surface area contributed by atoms with Gasteiger partial charge in [0.25, 0.3) is 0 Å². The summed E-state index contributed by atoms with van der Waals surface area (Å²) in [6, 6.07) is -3.65. The maximum Gasteiger partial charge on any atom is 0.320 e. The molecule has 2 unspecified atom stereocenters. The third-order valence-corrected chi connectivity index (χ3v) is 0.987. The first kappa shape index (κ1) is 3.17. The Morgan fingerprint density at radius 1 is 2.09 bits per heavy atom. The number of rotatable bonds is 4. The van der Waals surface area contributed by atoms with Crippen molar-refractivity contribution in [3.05, 3.63) is 0 Å². The second kappa shape index (κ2) is 3.85. The molecule has 0 saturated carbocycles. The normalized spacial score (nSPS) is 36.2. The van der Waals surface area contributed by atoms with Crippen molar-refractivity contribution in [1.29, 1.82) is 0 Å². The lowest BCUT2D eigenvalue weighted by molar-refractivity contribution is -0.138. The molecule has 2 atom stereocenters. The van der Waals surface area contributed by atoms with E-state index in [2.05, 4.69) is 0 Å². The standard InChI is InChI=1S/C5H12NO4P/c1-11(9,10)3-2-4(6)5(7)8/h4H,2-3,6H2,1H3,(H,7,8)(H,9,10)/i1D3,2D2,3D2,4D. The zero-order valence-electron chi connectivity index (χ0n) is 13.2. The molecule has 0 radical (unpaired) electrons. The highest BCUT2D eigenvalue weighted by molar-refractivity contribution is 7.57. The molecule has 0 aromatic carbocycles. The largest absolute Gasteiger partial charge is 0.480 e. The summed E-state index contributed by atoms with van der Waals surface area (Å²) in [4.78, 5) is 20.0. The van der Waals surface area contributed by atoms with Crippen LogP contribution in [0.4, 0.5) is 0 Å². The van der Waals surface area contributed by atoms with E-state index < -0.39 is 38.4 Å². The molecule has 0 bridgehead atoms. The molecule has 6 heteroatoms. The molecular weight excluding hydrogens is 169 g/mol. The summed E-state index contributed by atoms with van der Waals surface area (Å²) in [5, 5.41) is 8.58. The van der Waals surface area contributed by atoms with Crippen molar-refractivity contribution in [2.75, 3.05) is 12.7 Å². The van der Waals surface area contributed by atoms with E-state index in [0.29, 0.717) is 0 Å². The Morgan fingerprint density at radius 3 is 3.00 bits per heavy atom. The van der Waals surface area contributed by atoms with Crippen molar-refractivity contribution in [3.63, 3.8) is 0 Å². The first-order valence-corrected chi connectivity index (χ1v) is 3.96. The smallest absolute Gasteiger partial charge is 0.320 e. The third-order valence-electron chi connectivity index (χ3n) is 0.573. The number of aliphatic carboxylic acids is 1. The van der Waals surface area contributed by atoms with Crippen LogP contribution in [0.3, 0.4) is 0 Å². The molecule has 0 aromatic heterocycles. The van der Waals surface area contributed by atoms with Crippen LogP contribution in [0.15, 0.2) is 0 Å². The van der Waals surface area contributed by atoms with Crippen LogP contribution in [0.5, 0.6) is 0 Å². The van der Waals surface area contributed by atoms with Crippen LogP contribution in [0, 0.1) is 0 Å². The van der Waals surface area contributed by atoms with Crippen molar-refractivity contribution >= 4 is 13.3 Å². The minimum atomic E-state index is -5.84. The van der Waals surface area contributed by atoms with Gasteiger partial charge in [-0.05, 0) is 6.37 Å².